The van der Waals surface area contributed by atoms with Crippen LogP contribution in [-0.4, -0.2) is 30.8 Å². The van der Waals surface area contributed by atoms with Gasteiger partial charge in [-0.3, -0.25) is 19.8 Å². The van der Waals surface area contributed by atoms with Crippen molar-refractivity contribution in [2.75, 3.05) is 5.32 Å². The molecule has 0 saturated heterocycles. The van der Waals surface area contributed by atoms with E-state index in [1.165, 1.54) is 0 Å². The van der Waals surface area contributed by atoms with Crippen LogP contribution in [-0.2, 0) is 23.7 Å². The van der Waals surface area contributed by atoms with E-state index >= 15 is 0 Å². The Kier molecular flexibility index (Phi) is 5.64. The van der Waals surface area contributed by atoms with Crippen molar-refractivity contribution in [1.82, 2.24) is 24.9 Å². The molecule has 5 aromatic rings. The number of nitrogens with zero attached hydrogens (tertiary/aromatic N) is 5. The summed E-state index contributed by atoms with van der Waals surface area (Å²) in [5.41, 5.74) is 6.98. The molecule has 2 aromatic carbocycles. The first-order chi connectivity index (χ1) is 16.7. The highest BCUT2D eigenvalue weighted by Gasteiger charge is 2.19. The van der Waals surface area contributed by atoms with Gasteiger partial charge in [0.15, 0.2) is 0 Å². The summed E-state index contributed by atoms with van der Waals surface area (Å²) >= 11 is 0. The topological polar surface area (TPSA) is 98.7 Å². The zero-order valence-electron chi connectivity index (χ0n) is 20.1. The van der Waals surface area contributed by atoms with E-state index in [-0.39, 0.29) is 17.7 Å². The van der Waals surface area contributed by atoms with Gasteiger partial charge in [-0.25, -0.2) is 4.98 Å². The molecule has 0 atom stereocenters. The summed E-state index contributed by atoms with van der Waals surface area (Å²) in [6, 6.07) is 15.5. The number of aromatic nitrogens is 5. The molecule has 0 saturated carbocycles. The third kappa shape index (κ3) is 4.96. The van der Waals surface area contributed by atoms with E-state index in [4.69, 9.17) is 9.51 Å². The molecule has 1 amide bonds. The number of rotatable bonds is 5. The molecule has 0 spiro atoms. The lowest BCUT2D eigenvalue weighted by Gasteiger charge is -2.12. The van der Waals surface area contributed by atoms with Gasteiger partial charge in [0.25, 0.3) is 0 Å². The number of amides is 1. The molecule has 5 rings (SSSR count). The molecule has 3 heterocycles. The van der Waals surface area contributed by atoms with E-state index in [0.29, 0.717) is 5.88 Å². The smallest absolute Gasteiger partial charge is 0.231 e. The Morgan fingerprint density at radius 2 is 1.74 bits per heavy atom. The standard InChI is InChI=1S/C27H26N6O2/c1-27(2,3)24-13-26(35-32-24)31-25(34)11-17-5-7-18(8-6-17)23-15-28-22-12-19(9-10-21(22)30-23)20-14-29-33(4)16-20/h5-10,12-16H,11H2,1-4H3,(H,31,34). The minimum Gasteiger partial charge on any atom is -0.338 e. The van der Waals surface area contributed by atoms with Crippen molar-refractivity contribution in [3.8, 4) is 22.4 Å². The first kappa shape index (κ1) is 22.5. The lowest BCUT2D eigenvalue weighted by Crippen LogP contribution is -2.14. The molecule has 35 heavy (non-hydrogen) atoms. The normalized spacial score (nSPS) is 11.7. The Hall–Kier alpha value is -4.33. The molecule has 0 aliphatic carbocycles. The quantitative estimate of drug-likeness (QED) is 0.384. The maximum absolute atomic E-state index is 12.4. The van der Waals surface area contributed by atoms with Gasteiger partial charge in [0.05, 0.1) is 41.2 Å². The highest BCUT2D eigenvalue weighted by molar-refractivity contribution is 5.91. The number of anilines is 1. The SMILES string of the molecule is Cn1cc(-c2ccc3nc(-c4ccc(CC(=O)Nc5cc(C(C)(C)C)no5)cc4)cnc3c2)cn1. The highest BCUT2D eigenvalue weighted by Crippen LogP contribution is 2.26. The van der Waals surface area contributed by atoms with Crippen LogP contribution in [0.15, 0.2) is 71.6 Å². The lowest BCUT2D eigenvalue weighted by atomic mass is 9.92. The second-order valence-electron chi connectivity index (χ2n) is 9.61. The van der Waals surface area contributed by atoms with E-state index in [9.17, 15) is 4.79 Å². The summed E-state index contributed by atoms with van der Waals surface area (Å²) in [5.74, 6) is 0.193. The Labute approximate surface area is 203 Å². The van der Waals surface area contributed by atoms with Crippen LogP contribution in [0, 0.1) is 0 Å². The second-order valence-corrected chi connectivity index (χ2v) is 9.61. The summed E-state index contributed by atoms with van der Waals surface area (Å²) in [6.07, 6.45) is 5.80. The number of fused-ring (bicyclic) bond motifs is 1. The van der Waals surface area contributed by atoms with Gasteiger partial charge in [-0.1, -0.05) is 56.3 Å². The number of hydrogen-bond donors (Lipinski definition) is 1. The second kappa shape index (κ2) is 8.79. The van der Waals surface area contributed by atoms with Crippen LogP contribution in [0.5, 0.6) is 0 Å². The van der Waals surface area contributed by atoms with Gasteiger partial charge >= 0.3 is 0 Å². The molecular weight excluding hydrogens is 440 g/mol. The fraction of sp³-hybridized carbons (Fsp3) is 0.222. The number of carbonyl (C=O) groups excluding carboxylic acids is 1. The van der Waals surface area contributed by atoms with E-state index < -0.39 is 0 Å². The van der Waals surface area contributed by atoms with Crippen molar-refractivity contribution in [3.63, 3.8) is 0 Å². The fourth-order valence-corrected chi connectivity index (χ4v) is 3.75. The summed E-state index contributed by atoms with van der Waals surface area (Å²) in [4.78, 5) is 21.8. The number of aryl methyl sites for hydroxylation is 1. The molecule has 176 valence electrons. The van der Waals surface area contributed by atoms with Crippen LogP contribution in [0.3, 0.4) is 0 Å². The molecule has 0 aliphatic rings. The Morgan fingerprint density at radius 1 is 0.971 bits per heavy atom. The minimum absolute atomic E-state index is 0.143. The Bertz CT molecular complexity index is 1510. The van der Waals surface area contributed by atoms with Crippen molar-refractivity contribution in [3.05, 3.63) is 78.4 Å². The largest absolute Gasteiger partial charge is 0.338 e. The summed E-state index contributed by atoms with van der Waals surface area (Å²) < 4.78 is 7.02. The zero-order chi connectivity index (χ0) is 24.6. The van der Waals surface area contributed by atoms with Gasteiger partial charge in [0, 0.05) is 35.9 Å². The van der Waals surface area contributed by atoms with E-state index in [2.05, 4.69) is 20.6 Å². The summed E-state index contributed by atoms with van der Waals surface area (Å²) in [6.45, 7) is 6.12. The van der Waals surface area contributed by atoms with Crippen molar-refractivity contribution in [2.45, 2.75) is 32.6 Å². The number of benzene rings is 2. The maximum atomic E-state index is 12.4. The van der Waals surface area contributed by atoms with E-state index in [1.807, 2.05) is 82.7 Å². The van der Waals surface area contributed by atoms with Gasteiger partial charge in [-0.2, -0.15) is 5.10 Å². The minimum atomic E-state index is -0.163. The van der Waals surface area contributed by atoms with Crippen molar-refractivity contribution in [2.24, 2.45) is 7.05 Å². The number of hydrogen-bond acceptors (Lipinski definition) is 6. The van der Waals surface area contributed by atoms with Crippen molar-refractivity contribution >= 4 is 22.8 Å². The van der Waals surface area contributed by atoms with Crippen molar-refractivity contribution < 1.29 is 9.32 Å². The molecule has 0 unspecified atom stereocenters. The van der Waals surface area contributed by atoms with Crippen LogP contribution >= 0.6 is 0 Å². The van der Waals surface area contributed by atoms with Crippen LogP contribution in [0.2, 0.25) is 0 Å². The van der Waals surface area contributed by atoms with Crippen molar-refractivity contribution in [1.29, 1.82) is 0 Å². The maximum Gasteiger partial charge on any atom is 0.231 e. The van der Waals surface area contributed by atoms with Gasteiger partial charge < -0.3 is 4.52 Å². The van der Waals surface area contributed by atoms with E-state index in [0.717, 1.165) is 44.7 Å². The average Bonchev–Trinajstić information content (AvgIpc) is 3.48. The van der Waals surface area contributed by atoms with Gasteiger partial charge in [-0.05, 0) is 23.3 Å². The molecule has 1 N–H and O–H groups in total. The third-order valence-electron chi connectivity index (χ3n) is 5.74. The average molecular weight is 467 g/mol. The van der Waals surface area contributed by atoms with Crippen LogP contribution in [0.1, 0.15) is 32.0 Å². The molecule has 3 aromatic heterocycles. The zero-order valence-corrected chi connectivity index (χ0v) is 20.1. The van der Waals surface area contributed by atoms with Gasteiger partial charge in [0.1, 0.15) is 0 Å². The number of nitrogens with one attached hydrogen (secondary N) is 1. The molecule has 0 bridgehead atoms. The van der Waals surface area contributed by atoms with Crippen LogP contribution in [0.25, 0.3) is 33.4 Å². The molecule has 0 fully saturated rings. The van der Waals surface area contributed by atoms with Gasteiger partial charge in [0.2, 0.25) is 11.8 Å². The van der Waals surface area contributed by atoms with Crippen LogP contribution in [0.4, 0.5) is 5.88 Å². The Morgan fingerprint density at radius 3 is 2.43 bits per heavy atom. The summed E-state index contributed by atoms with van der Waals surface area (Å²) in [5, 5.41) is 11.0. The monoisotopic (exact) mass is 466 g/mol. The first-order valence-corrected chi connectivity index (χ1v) is 11.4. The highest BCUT2D eigenvalue weighted by atomic mass is 16.5. The molecule has 8 heteroatoms. The molecule has 0 aliphatic heterocycles. The number of carbonyl (C=O) groups is 1. The third-order valence-corrected chi connectivity index (χ3v) is 5.74. The summed E-state index contributed by atoms with van der Waals surface area (Å²) in [7, 11) is 1.90. The Balaban J connectivity index is 1.27. The van der Waals surface area contributed by atoms with E-state index in [1.54, 1.807) is 16.9 Å². The molecule has 0 radical (unpaired) electrons. The first-order valence-electron chi connectivity index (χ1n) is 11.4. The predicted molar refractivity (Wildman–Crippen MR) is 135 cm³/mol. The van der Waals surface area contributed by atoms with Crippen LogP contribution < -0.4 is 5.32 Å². The molecular formula is C27H26N6O2. The van der Waals surface area contributed by atoms with Gasteiger partial charge in [-0.15, -0.1) is 0 Å². The lowest BCUT2D eigenvalue weighted by molar-refractivity contribution is -0.115. The fourth-order valence-electron chi connectivity index (χ4n) is 3.75. The predicted octanol–water partition coefficient (Wildman–Crippen LogP) is 5.16. The molecule has 8 nitrogen and oxygen atoms in total.